The number of ether oxygens (including phenoxy) is 1. The average Bonchev–Trinajstić information content (AvgIpc) is 2.60. The molecule has 0 aliphatic heterocycles. The van der Waals surface area contributed by atoms with Crippen LogP contribution in [0.3, 0.4) is 0 Å². The van der Waals surface area contributed by atoms with Gasteiger partial charge in [0.15, 0.2) is 5.82 Å². The Balaban J connectivity index is 2.14. The Morgan fingerprint density at radius 3 is 2.41 bits per heavy atom. The number of alkyl carbamates (subject to hydrolysis) is 1. The number of hydrogen-bond acceptors (Lipinski definition) is 7. The van der Waals surface area contributed by atoms with Gasteiger partial charge in [0.25, 0.3) is 0 Å². The van der Waals surface area contributed by atoms with E-state index in [0.717, 1.165) is 0 Å². The number of carboxylic acids is 1. The van der Waals surface area contributed by atoms with Crippen LogP contribution in [0.1, 0.15) is 39.1 Å². The van der Waals surface area contributed by atoms with Crippen molar-refractivity contribution in [2.75, 3.05) is 0 Å². The van der Waals surface area contributed by atoms with Gasteiger partial charge in [-0.25, -0.2) is 9.59 Å². The fraction of sp³-hybridized carbons (Fsp3) is 0.444. The topological polar surface area (TPSA) is 127 Å². The zero-order chi connectivity index (χ0) is 20.0. The molecule has 9 heteroatoms. The van der Waals surface area contributed by atoms with Crippen LogP contribution in [-0.4, -0.2) is 49.2 Å². The molecule has 0 aliphatic carbocycles. The Kier molecular flexibility index (Phi) is 6.38. The highest BCUT2D eigenvalue weighted by Crippen LogP contribution is 2.16. The second-order valence-electron chi connectivity index (χ2n) is 6.93. The van der Waals surface area contributed by atoms with E-state index in [-0.39, 0.29) is 6.42 Å². The highest BCUT2D eigenvalue weighted by molar-refractivity contribution is 5.80. The van der Waals surface area contributed by atoms with E-state index in [0.29, 0.717) is 29.2 Å². The number of nitrogens with one attached hydrogen (secondary N) is 1. The van der Waals surface area contributed by atoms with E-state index < -0.39 is 23.7 Å². The van der Waals surface area contributed by atoms with Crippen LogP contribution in [0.5, 0.6) is 0 Å². The summed E-state index contributed by atoms with van der Waals surface area (Å²) in [4.78, 5) is 23.4. The van der Waals surface area contributed by atoms with Crippen molar-refractivity contribution in [2.24, 2.45) is 0 Å². The van der Waals surface area contributed by atoms with E-state index in [9.17, 15) is 14.7 Å². The monoisotopic (exact) mass is 373 g/mol. The summed E-state index contributed by atoms with van der Waals surface area (Å²) in [7, 11) is 0. The van der Waals surface area contributed by atoms with Crippen molar-refractivity contribution in [3.05, 3.63) is 35.7 Å². The Labute approximate surface area is 157 Å². The van der Waals surface area contributed by atoms with Gasteiger partial charge in [-0.15, -0.1) is 20.4 Å². The maximum atomic E-state index is 11.9. The molecule has 0 spiro atoms. The molecular weight excluding hydrogens is 350 g/mol. The fourth-order valence-corrected chi connectivity index (χ4v) is 2.23. The predicted molar refractivity (Wildman–Crippen MR) is 96.9 cm³/mol. The van der Waals surface area contributed by atoms with E-state index in [1.807, 2.05) is 6.92 Å². The second kappa shape index (κ2) is 8.52. The molecule has 1 amide bonds. The summed E-state index contributed by atoms with van der Waals surface area (Å²) in [5.74, 6) is -0.262. The summed E-state index contributed by atoms with van der Waals surface area (Å²) >= 11 is 0. The van der Waals surface area contributed by atoms with Crippen molar-refractivity contribution < 1.29 is 19.4 Å². The Morgan fingerprint density at radius 2 is 1.85 bits per heavy atom. The average molecular weight is 373 g/mol. The number of aliphatic carboxylic acids is 1. The number of carbonyl (C=O) groups is 2. The largest absolute Gasteiger partial charge is 0.480 e. The summed E-state index contributed by atoms with van der Waals surface area (Å²) in [5, 5.41) is 27.8. The number of aryl methyl sites for hydroxylation is 1. The minimum absolute atomic E-state index is 0.0797. The van der Waals surface area contributed by atoms with Crippen LogP contribution < -0.4 is 5.32 Å². The van der Waals surface area contributed by atoms with Crippen molar-refractivity contribution in [3.63, 3.8) is 0 Å². The smallest absolute Gasteiger partial charge is 0.408 e. The normalized spacial score (nSPS) is 12.3. The van der Waals surface area contributed by atoms with Gasteiger partial charge in [-0.1, -0.05) is 25.1 Å². The Hall–Kier alpha value is -3.10. The van der Waals surface area contributed by atoms with Gasteiger partial charge in [-0.05, 0) is 32.4 Å². The molecule has 1 aromatic heterocycles. The minimum atomic E-state index is -1.15. The molecule has 1 unspecified atom stereocenters. The van der Waals surface area contributed by atoms with Gasteiger partial charge < -0.3 is 15.2 Å². The molecule has 2 N–H and O–H groups in total. The zero-order valence-electron chi connectivity index (χ0n) is 15.8. The zero-order valence-corrected chi connectivity index (χ0v) is 15.8. The van der Waals surface area contributed by atoms with Gasteiger partial charge in [-0.3, -0.25) is 0 Å². The summed E-state index contributed by atoms with van der Waals surface area (Å²) in [6.45, 7) is 7.02. The van der Waals surface area contributed by atoms with Crippen LogP contribution in [0.15, 0.2) is 24.3 Å². The molecule has 0 aliphatic rings. The van der Waals surface area contributed by atoms with E-state index >= 15 is 0 Å². The lowest BCUT2D eigenvalue weighted by atomic mass is 10.0. The molecule has 0 radical (unpaired) electrons. The number of hydrogen-bond donors (Lipinski definition) is 2. The van der Waals surface area contributed by atoms with Gasteiger partial charge in [-0.2, -0.15) is 0 Å². The van der Waals surface area contributed by atoms with Crippen LogP contribution in [0, 0.1) is 0 Å². The SMILES string of the molecule is CCc1nnc(-c2cccc(CC(NC(=O)OC(C)(C)C)C(=O)O)c2)nn1. The molecule has 0 saturated carbocycles. The molecule has 0 bridgehead atoms. The molecule has 0 fully saturated rings. The first-order chi connectivity index (χ1) is 12.7. The molecule has 144 valence electrons. The number of benzene rings is 1. The molecule has 27 heavy (non-hydrogen) atoms. The third-order valence-electron chi connectivity index (χ3n) is 3.45. The number of carboxylic acid groups (broad SMARTS) is 1. The van der Waals surface area contributed by atoms with Gasteiger partial charge in [0.2, 0.25) is 5.82 Å². The first-order valence-corrected chi connectivity index (χ1v) is 8.56. The van der Waals surface area contributed by atoms with Crippen LogP contribution in [0.4, 0.5) is 4.79 Å². The Bertz CT molecular complexity index is 802. The predicted octanol–water partition coefficient (Wildman–Crippen LogP) is 2.02. The summed E-state index contributed by atoms with van der Waals surface area (Å²) < 4.78 is 5.12. The summed E-state index contributed by atoms with van der Waals surface area (Å²) in [6.07, 6.45) is -0.0641. The van der Waals surface area contributed by atoms with Crippen LogP contribution in [0.25, 0.3) is 11.4 Å². The Morgan fingerprint density at radius 1 is 1.19 bits per heavy atom. The standard InChI is InChI=1S/C18H23N5O4/c1-5-14-20-22-15(23-21-14)12-8-6-7-11(9-12)10-13(16(24)25)19-17(26)27-18(2,3)4/h6-9,13H,5,10H2,1-4H3,(H,19,26)(H,24,25). The number of carbonyl (C=O) groups excluding carboxylic acids is 1. The van der Waals surface area contributed by atoms with Crippen molar-refractivity contribution in [1.29, 1.82) is 0 Å². The van der Waals surface area contributed by atoms with Gasteiger partial charge in [0.1, 0.15) is 11.6 Å². The van der Waals surface area contributed by atoms with Crippen molar-refractivity contribution >= 4 is 12.1 Å². The molecule has 9 nitrogen and oxygen atoms in total. The minimum Gasteiger partial charge on any atom is -0.480 e. The van der Waals surface area contributed by atoms with Gasteiger partial charge in [0, 0.05) is 18.4 Å². The second-order valence-corrected chi connectivity index (χ2v) is 6.93. The highest BCUT2D eigenvalue weighted by Gasteiger charge is 2.24. The maximum Gasteiger partial charge on any atom is 0.408 e. The number of aromatic nitrogens is 4. The molecular formula is C18H23N5O4. The van der Waals surface area contributed by atoms with E-state index in [1.54, 1.807) is 45.0 Å². The van der Waals surface area contributed by atoms with Crippen molar-refractivity contribution in [2.45, 2.75) is 52.2 Å². The van der Waals surface area contributed by atoms with Crippen molar-refractivity contribution in [3.8, 4) is 11.4 Å². The summed E-state index contributed by atoms with van der Waals surface area (Å²) in [6, 6.07) is 5.92. The van der Waals surface area contributed by atoms with Crippen LogP contribution in [-0.2, 0) is 22.4 Å². The molecule has 1 atom stereocenters. The maximum absolute atomic E-state index is 11.9. The number of nitrogens with zero attached hydrogens (tertiary/aromatic N) is 4. The highest BCUT2D eigenvalue weighted by atomic mass is 16.6. The molecule has 1 heterocycles. The molecule has 1 aromatic carbocycles. The first-order valence-electron chi connectivity index (χ1n) is 8.56. The van der Waals surface area contributed by atoms with Crippen LogP contribution in [0.2, 0.25) is 0 Å². The lowest BCUT2D eigenvalue weighted by Crippen LogP contribution is -2.44. The number of rotatable bonds is 6. The fourth-order valence-electron chi connectivity index (χ4n) is 2.23. The lowest BCUT2D eigenvalue weighted by Gasteiger charge is -2.22. The number of amides is 1. The van der Waals surface area contributed by atoms with E-state index in [4.69, 9.17) is 4.74 Å². The molecule has 2 aromatic rings. The van der Waals surface area contributed by atoms with Crippen molar-refractivity contribution in [1.82, 2.24) is 25.7 Å². The van der Waals surface area contributed by atoms with Gasteiger partial charge in [0.05, 0.1) is 0 Å². The lowest BCUT2D eigenvalue weighted by molar-refractivity contribution is -0.139. The quantitative estimate of drug-likeness (QED) is 0.787. The van der Waals surface area contributed by atoms with E-state index in [1.165, 1.54) is 0 Å². The third kappa shape index (κ3) is 6.28. The third-order valence-corrected chi connectivity index (χ3v) is 3.45. The molecule has 0 saturated heterocycles. The first kappa shape index (κ1) is 20.2. The van der Waals surface area contributed by atoms with Gasteiger partial charge >= 0.3 is 12.1 Å². The van der Waals surface area contributed by atoms with E-state index in [2.05, 4.69) is 25.7 Å². The molecule has 2 rings (SSSR count). The summed E-state index contributed by atoms with van der Waals surface area (Å²) in [5.41, 5.74) is 0.644. The van der Waals surface area contributed by atoms with Crippen LogP contribution >= 0.6 is 0 Å².